The monoisotopic (exact) mass is 315 g/mol. The highest BCUT2D eigenvalue weighted by molar-refractivity contribution is 7.12. The zero-order chi connectivity index (χ0) is 15.9. The number of halogens is 1. The van der Waals surface area contributed by atoms with Crippen LogP contribution in [-0.2, 0) is 11.3 Å². The molecular weight excluding hydrogens is 297 g/mol. The van der Waals surface area contributed by atoms with E-state index in [-0.39, 0.29) is 5.92 Å². The molecule has 0 saturated carbocycles. The molecule has 0 N–H and O–H groups in total. The minimum absolute atomic E-state index is 0.0956. The Kier molecular flexibility index (Phi) is 3.87. The number of carbonyl (C=O) groups is 1. The van der Waals surface area contributed by atoms with Gasteiger partial charge in [-0.2, -0.15) is 0 Å². The number of aryl methyl sites for hydroxylation is 2. The summed E-state index contributed by atoms with van der Waals surface area (Å²) in [6.45, 7) is 8.26. The van der Waals surface area contributed by atoms with Crippen LogP contribution in [0.1, 0.15) is 32.4 Å². The average Bonchev–Trinajstić information content (AvgIpc) is 2.86. The first-order valence-electron chi connectivity index (χ1n) is 7.25. The molecule has 0 saturated heterocycles. The number of rotatable bonds is 2. The van der Waals surface area contributed by atoms with Crippen molar-refractivity contribution < 1.29 is 9.18 Å². The van der Waals surface area contributed by atoms with Crippen molar-refractivity contribution in [2.45, 2.75) is 26.3 Å². The third kappa shape index (κ3) is 2.59. The molecule has 2 heterocycles. The number of fused-ring (bicyclic) bond motifs is 1. The van der Waals surface area contributed by atoms with Crippen molar-refractivity contribution in [1.82, 2.24) is 4.90 Å². The molecule has 0 spiro atoms. The summed E-state index contributed by atoms with van der Waals surface area (Å²) in [6.07, 6.45) is 0. The summed E-state index contributed by atoms with van der Waals surface area (Å²) in [4.78, 5) is 16.0. The van der Waals surface area contributed by atoms with Gasteiger partial charge in [0, 0.05) is 22.2 Å². The van der Waals surface area contributed by atoms with Crippen LogP contribution >= 0.6 is 11.3 Å². The largest absolute Gasteiger partial charge is 0.331 e. The van der Waals surface area contributed by atoms with E-state index in [1.807, 2.05) is 12.1 Å². The van der Waals surface area contributed by atoms with E-state index in [4.69, 9.17) is 0 Å². The van der Waals surface area contributed by atoms with Gasteiger partial charge in [-0.25, -0.2) is 4.39 Å². The molecule has 4 heteroatoms. The van der Waals surface area contributed by atoms with Crippen LogP contribution in [0.4, 0.5) is 4.39 Å². The van der Waals surface area contributed by atoms with Crippen LogP contribution in [0.2, 0.25) is 0 Å². The fourth-order valence-electron chi connectivity index (χ4n) is 3.13. The summed E-state index contributed by atoms with van der Waals surface area (Å²) in [6, 6.07) is 10.4. The van der Waals surface area contributed by atoms with E-state index in [0.29, 0.717) is 13.1 Å². The number of hydrogen-bond acceptors (Lipinski definition) is 2. The number of amides is 1. The Morgan fingerprint density at radius 1 is 1.32 bits per heavy atom. The van der Waals surface area contributed by atoms with Crippen molar-refractivity contribution in [2.75, 3.05) is 6.54 Å². The number of thiophene rings is 1. The molecule has 1 atom stereocenters. The molecule has 114 valence electrons. The Balaban J connectivity index is 2.06. The summed E-state index contributed by atoms with van der Waals surface area (Å²) in [5, 5.41) is 0. The molecule has 2 nitrogen and oxygen atoms in total. The molecule has 0 unspecified atom stereocenters. The van der Waals surface area contributed by atoms with Crippen molar-refractivity contribution in [2.24, 2.45) is 0 Å². The van der Waals surface area contributed by atoms with Gasteiger partial charge in [0.05, 0.1) is 6.54 Å². The van der Waals surface area contributed by atoms with Crippen molar-refractivity contribution in [1.29, 1.82) is 0 Å². The van der Waals surface area contributed by atoms with Crippen molar-refractivity contribution >= 4 is 17.2 Å². The van der Waals surface area contributed by atoms with Gasteiger partial charge < -0.3 is 4.90 Å². The fraction of sp³-hybridized carbons (Fsp3) is 0.278. The molecule has 1 amide bonds. The van der Waals surface area contributed by atoms with Gasteiger partial charge in [-0.1, -0.05) is 30.8 Å². The lowest BCUT2D eigenvalue weighted by Gasteiger charge is -2.33. The first-order chi connectivity index (χ1) is 10.5. The summed E-state index contributed by atoms with van der Waals surface area (Å²) >= 11 is 1.68. The number of nitrogens with zero attached hydrogens (tertiary/aromatic N) is 1. The van der Waals surface area contributed by atoms with Gasteiger partial charge in [-0.05, 0) is 36.6 Å². The van der Waals surface area contributed by atoms with Gasteiger partial charge in [0.2, 0.25) is 0 Å². The third-order valence-corrected chi connectivity index (χ3v) is 5.21. The Morgan fingerprint density at radius 3 is 2.73 bits per heavy atom. The van der Waals surface area contributed by atoms with Gasteiger partial charge in [-0.3, -0.25) is 4.79 Å². The third-order valence-electron chi connectivity index (χ3n) is 4.16. The molecule has 1 aliphatic rings. The SMILES string of the molecule is C=C(F)C(=O)N1Cc2sc(C)cc2[C@H](c2ccccc2C)C1. The van der Waals surface area contributed by atoms with E-state index in [1.54, 1.807) is 16.2 Å². The second-order valence-electron chi connectivity index (χ2n) is 5.74. The summed E-state index contributed by atoms with van der Waals surface area (Å²) in [5.74, 6) is -1.39. The highest BCUT2D eigenvalue weighted by atomic mass is 32.1. The number of benzene rings is 1. The molecule has 22 heavy (non-hydrogen) atoms. The van der Waals surface area contributed by atoms with Crippen molar-refractivity contribution in [3.05, 3.63) is 69.2 Å². The van der Waals surface area contributed by atoms with Crippen LogP contribution in [0.15, 0.2) is 42.7 Å². The molecule has 2 aromatic rings. The van der Waals surface area contributed by atoms with Crippen LogP contribution < -0.4 is 0 Å². The maximum Gasteiger partial charge on any atom is 0.282 e. The van der Waals surface area contributed by atoms with Crippen molar-refractivity contribution in [3.8, 4) is 0 Å². The highest BCUT2D eigenvalue weighted by Crippen LogP contribution is 2.39. The van der Waals surface area contributed by atoms with Crippen LogP contribution in [0.5, 0.6) is 0 Å². The summed E-state index contributed by atoms with van der Waals surface area (Å²) in [5.41, 5.74) is 3.66. The lowest BCUT2D eigenvalue weighted by atomic mass is 9.86. The molecule has 3 rings (SSSR count). The van der Waals surface area contributed by atoms with Gasteiger partial charge in [0.25, 0.3) is 5.91 Å². The molecule has 1 aromatic carbocycles. The molecule has 0 aliphatic carbocycles. The second kappa shape index (κ2) is 5.69. The molecule has 1 aromatic heterocycles. The predicted octanol–water partition coefficient (Wildman–Crippen LogP) is 4.32. The van der Waals surface area contributed by atoms with E-state index in [9.17, 15) is 9.18 Å². The smallest absolute Gasteiger partial charge is 0.282 e. The highest BCUT2D eigenvalue weighted by Gasteiger charge is 2.32. The summed E-state index contributed by atoms with van der Waals surface area (Å²) in [7, 11) is 0. The van der Waals surface area contributed by atoms with Crippen LogP contribution in [0, 0.1) is 13.8 Å². The van der Waals surface area contributed by atoms with Gasteiger partial charge in [0.15, 0.2) is 5.83 Å². The lowest BCUT2D eigenvalue weighted by Crippen LogP contribution is -2.38. The van der Waals surface area contributed by atoms with E-state index >= 15 is 0 Å². The molecule has 0 fully saturated rings. The molecule has 1 aliphatic heterocycles. The zero-order valence-electron chi connectivity index (χ0n) is 12.7. The molecule has 0 bridgehead atoms. The van der Waals surface area contributed by atoms with Crippen LogP contribution in [0.3, 0.4) is 0 Å². The average molecular weight is 315 g/mol. The minimum Gasteiger partial charge on any atom is -0.331 e. The standard InChI is InChI=1S/C18H18FNOS/c1-11-6-4-5-7-14(11)16-9-20(18(21)13(3)19)10-17-15(16)8-12(2)22-17/h4-8,16H,3,9-10H2,1-2H3/t16-/m0/s1. The molecule has 0 radical (unpaired) electrons. The number of carbonyl (C=O) groups excluding carboxylic acids is 1. The van der Waals surface area contributed by atoms with E-state index in [0.717, 1.165) is 4.88 Å². The predicted molar refractivity (Wildman–Crippen MR) is 87.7 cm³/mol. The Hall–Kier alpha value is -1.94. The topological polar surface area (TPSA) is 20.3 Å². The maximum absolute atomic E-state index is 13.3. The first-order valence-corrected chi connectivity index (χ1v) is 8.07. The van der Waals surface area contributed by atoms with Crippen molar-refractivity contribution in [3.63, 3.8) is 0 Å². The van der Waals surface area contributed by atoms with E-state index in [1.165, 1.54) is 21.6 Å². The van der Waals surface area contributed by atoms with Gasteiger partial charge in [-0.15, -0.1) is 11.3 Å². The van der Waals surface area contributed by atoms with Crippen LogP contribution in [-0.4, -0.2) is 17.4 Å². The second-order valence-corrected chi connectivity index (χ2v) is 7.08. The Morgan fingerprint density at radius 2 is 2.05 bits per heavy atom. The summed E-state index contributed by atoms with van der Waals surface area (Å²) < 4.78 is 13.3. The number of hydrogen-bond donors (Lipinski definition) is 0. The van der Waals surface area contributed by atoms with Gasteiger partial charge in [0.1, 0.15) is 0 Å². The maximum atomic E-state index is 13.3. The quantitative estimate of drug-likeness (QED) is 0.756. The van der Waals surface area contributed by atoms with Crippen LogP contribution in [0.25, 0.3) is 0 Å². The van der Waals surface area contributed by atoms with E-state index in [2.05, 4.69) is 38.6 Å². The fourth-order valence-corrected chi connectivity index (χ4v) is 4.24. The normalized spacial score (nSPS) is 17.2. The molecular formula is C18H18FNOS. The minimum atomic E-state index is -0.889. The first kappa shape index (κ1) is 15.0. The zero-order valence-corrected chi connectivity index (χ0v) is 13.5. The van der Waals surface area contributed by atoms with Gasteiger partial charge >= 0.3 is 0 Å². The lowest BCUT2D eigenvalue weighted by molar-refractivity contribution is -0.129. The Bertz CT molecular complexity index is 749. The van der Waals surface area contributed by atoms with E-state index < -0.39 is 11.7 Å². The Labute approximate surface area is 133 Å².